The fourth-order valence-electron chi connectivity index (χ4n) is 4.53. The fourth-order valence-corrected chi connectivity index (χ4v) is 4.53. The van der Waals surface area contributed by atoms with Crippen molar-refractivity contribution in [2.45, 2.75) is 46.1 Å². The highest BCUT2D eigenvalue weighted by Gasteiger charge is 2.24. The number of nitrogens with zero attached hydrogens (tertiary/aromatic N) is 2. The quantitative estimate of drug-likeness (QED) is 0.325. The van der Waals surface area contributed by atoms with Crippen LogP contribution in [0.5, 0.6) is 0 Å². The van der Waals surface area contributed by atoms with E-state index in [4.69, 9.17) is 5.73 Å². The van der Waals surface area contributed by atoms with Crippen molar-refractivity contribution < 1.29 is 9.18 Å². The Morgan fingerprint density at radius 1 is 1.06 bits per heavy atom. The smallest absolute Gasteiger partial charge is 0.330 e. The average Bonchev–Trinajstić information content (AvgIpc) is 3.24. The zero-order valence-corrected chi connectivity index (χ0v) is 20.4. The first-order valence-corrected chi connectivity index (χ1v) is 12.1. The van der Waals surface area contributed by atoms with Gasteiger partial charge in [-0.3, -0.25) is 19.1 Å². The summed E-state index contributed by atoms with van der Waals surface area (Å²) in [7, 11) is 0. The van der Waals surface area contributed by atoms with Crippen LogP contribution in [0.25, 0.3) is 22.2 Å². The van der Waals surface area contributed by atoms with Crippen LogP contribution in [0.4, 0.5) is 15.9 Å². The number of aromatic nitrogens is 3. The van der Waals surface area contributed by atoms with Gasteiger partial charge in [0.2, 0.25) is 5.91 Å². The summed E-state index contributed by atoms with van der Waals surface area (Å²) in [5.74, 6) is -0.620. The number of hydrogen-bond donors (Lipinski definition) is 3. The molecule has 0 aliphatic carbocycles. The number of para-hydroxylation sites is 1. The second kappa shape index (κ2) is 10.6. The minimum Gasteiger partial charge on any atom is -0.383 e. The molecule has 188 valence electrons. The van der Waals surface area contributed by atoms with Crippen molar-refractivity contribution in [3.05, 3.63) is 80.7 Å². The zero-order chi connectivity index (χ0) is 25.8. The van der Waals surface area contributed by atoms with Gasteiger partial charge >= 0.3 is 5.69 Å². The number of nitrogens with two attached hydrogens (primary N) is 1. The van der Waals surface area contributed by atoms with Crippen LogP contribution >= 0.6 is 0 Å². The van der Waals surface area contributed by atoms with E-state index in [2.05, 4.69) is 9.97 Å². The number of aromatic amines is 2. The third kappa shape index (κ3) is 4.82. The summed E-state index contributed by atoms with van der Waals surface area (Å²) in [5, 5.41) is 0.971. The van der Waals surface area contributed by atoms with E-state index < -0.39 is 11.2 Å². The van der Waals surface area contributed by atoms with Gasteiger partial charge in [0.05, 0.1) is 0 Å². The minimum atomic E-state index is -0.681. The summed E-state index contributed by atoms with van der Waals surface area (Å²) < 4.78 is 14.8. The average molecular weight is 492 g/mol. The molecule has 0 unspecified atom stereocenters. The van der Waals surface area contributed by atoms with Gasteiger partial charge in [0, 0.05) is 36.1 Å². The Balaban J connectivity index is 1.67. The third-order valence-electron chi connectivity index (χ3n) is 6.37. The maximum atomic E-state index is 13.5. The SMILES string of the molecule is CCCCn1c(N)c(N(CC)C(=O)CCc2c(-c3ccc(F)cc3)[nH]c3ccccc23)c(=O)[nH]c1=O. The molecule has 0 saturated carbocycles. The maximum Gasteiger partial charge on any atom is 0.330 e. The molecule has 0 radical (unpaired) electrons. The summed E-state index contributed by atoms with van der Waals surface area (Å²) in [6.45, 7) is 4.32. The summed E-state index contributed by atoms with van der Waals surface area (Å²) >= 11 is 0. The number of H-pyrrole nitrogens is 2. The number of nitrogens with one attached hydrogen (secondary N) is 2. The molecule has 8 nitrogen and oxygen atoms in total. The van der Waals surface area contributed by atoms with E-state index in [0.29, 0.717) is 19.4 Å². The Morgan fingerprint density at radius 2 is 1.78 bits per heavy atom. The number of carbonyl (C=O) groups excluding carboxylic acids is 1. The highest BCUT2D eigenvalue weighted by Crippen LogP contribution is 2.32. The number of rotatable bonds is 9. The summed E-state index contributed by atoms with van der Waals surface area (Å²) in [6, 6.07) is 14.0. The number of halogens is 1. The number of unbranched alkanes of at least 4 members (excludes halogenated alkanes) is 1. The number of anilines is 2. The van der Waals surface area contributed by atoms with Gasteiger partial charge < -0.3 is 15.6 Å². The molecule has 0 fully saturated rings. The second-order valence-corrected chi connectivity index (χ2v) is 8.67. The molecule has 4 N–H and O–H groups in total. The molecular formula is C27H30FN5O3. The lowest BCUT2D eigenvalue weighted by Gasteiger charge is -2.23. The number of fused-ring (bicyclic) bond motifs is 1. The van der Waals surface area contributed by atoms with Crippen molar-refractivity contribution in [1.29, 1.82) is 0 Å². The number of hydrogen-bond acceptors (Lipinski definition) is 4. The molecule has 9 heteroatoms. The van der Waals surface area contributed by atoms with Crippen LogP contribution in [0.2, 0.25) is 0 Å². The van der Waals surface area contributed by atoms with E-state index in [9.17, 15) is 18.8 Å². The van der Waals surface area contributed by atoms with Crippen LogP contribution in [-0.2, 0) is 17.8 Å². The first kappa shape index (κ1) is 25.0. The van der Waals surface area contributed by atoms with E-state index in [0.717, 1.165) is 34.1 Å². The predicted molar refractivity (Wildman–Crippen MR) is 141 cm³/mol. The van der Waals surface area contributed by atoms with E-state index in [-0.39, 0.29) is 36.2 Å². The van der Waals surface area contributed by atoms with E-state index in [1.165, 1.54) is 21.6 Å². The van der Waals surface area contributed by atoms with E-state index in [1.807, 2.05) is 31.2 Å². The lowest BCUT2D eigenvalue weighted by Crippen LogP contribution is -2.41. The molecule has 0 atom stereocenters. The molecule has 2 aromatic carbocycles. The maximum absolute atomic E-state index is 13.5. The predicted octanol–water partition coefficient (Wildman–Crippen LogP) is 4.19. The molecule has 2 heterocycles. The molecule has 0 spiro atoms. The van der Waals surface area contributed by atoms with Crippen LogP contribution in [0.1, 0.15) is 38.7 Å². The third-order valence-corrected chi connectivity index (χ3v) is 6.37. The number of aryl methyl sites for hydroxylation is 1. The van der Waals surface area contributed by atoms with Gasteiger partial charge in [-0.1, -0.05) is 31.5 Å². The van der Waals surface area contributed by atoms with Gasteiger partial charge in [0.1, 0.15) is 11.6 Å². The normalized spacial score (nSPS) is 11.2. The molecule has 0 aliphatic heterocycles. The lowest BCUT2D eigenvalue weighted by atomic mass is 10.0. The van der Waals surface area contributed by atoms with Crippen LogP contribution in [0, 0.1) is 5.82 Å². The van der Waals surface area contributed by atoms with Crippen molar-refractivity contribution in [1.82, 2.24) is 14.5 Å². The lowest BCUT2D eigenvalue weighted by molar-refractivity contribution is -0.118. The second-order valence-electron chi connectivity index (χ2n) is 8.67. The standard InChI is InChI=1S/C27H30FN5O3/c1-3-5-16-33-25(29)24(26(35)31-27(33)36)32(4-2)22(34)15-14-20-19-8-6-7-9-21(19)30-23(20)17-10-12-18(28)13-11-17/h6-13,30H,3-5,14-16,29H2,1-2H3,(H,31,35,36). The Hall–Kier alpha value is -4.14. The fraction of sp³-hybridized carbons (Fsp3) is 0.296. The van der Waals surface area contributed by atoms with E-state index in [1.54, 1.807) is 19.1 Å². The van der Waals surface area contributed by atoms with E-state index >= 15 is 0 Å². The molecular weight excluding hydrogens is 461 g/mol. The molecule has 0 saturated heterocycles. The first-order chi connectivity index (χ1) is 17.3. The van der Waals surface area contributed by atoms with Gasteiger partial charge in [-0.25, -0.2) is 9.18 Å². The monoisotopic (exact) mass is 491 g/mol. The summed E-state index contributed by atoms with van der Waals surface area (Å²) in [4.78, 5) is 45.4. The first-order valence-electron chi connectivity index (χ1n) is 12.1. The molecule has 4 rings (SSSR count). The number of nitrogen functional groups attached to an aromatic ring is 1. The molecule has 0 aliphatic rings. The van der Waals surface area contributed by atoms with Crippen molar-refractivity contribution in [2.75, 3.05) is 17.2 Å². The highest BCUT2D eigenvalue weighted by atomic mass is 19.1. The Bertz CT molecular complexity index is 1500. The van der Waals surface area contributed by atoms with Gasteiger partial charge in [0.15, 0.2) is 5.69 Å². The topological polar surface area (TPSA) is 117 Å². The van der Waals surface area contributed by atoms with Gasteiger partial charge in [-0.15, -0.1) is 0 Å². The molecule has 36 heavy (non-hydrogen) atoms. The van der Waals surface area contributed by atoms with Crippen molar-refractivity contribution in [3.8, 4) is 11.3 Å². The largest absolute Gasteiger partial charge is 0.383 e. The Morgan fingerprint density at radius 3 is 2.47 bits per heavy atom. The van der Waals surface area contributed by atoms with Crippen LogP contribution in [0.15, 0.2) is 58.1 Å². The number of amides is 1. The van der Waals surface area contributed by atoms with Crippen LogP contribution in [-0.4, -0.2) is 27.0 Å². The van der Waals surface area contributed by atoms with Crippen molar-refractivity contribution >= 4 is 28.3 Å². The van der Waals surface area contributed by atoms with Gasteiger partial charge in [-0.2, -0.15) is 0 Å². The van der Waals surface area contributed by atoms with Gasteiger partial charge in [-0.05, 0) is 61.2 Å². The van der Waals surface area contributed by atoms with Gasteiger partial charge in [0.25, 0.3) is 5.56 Å². The number of benzene rings is 2. The zero-order valence-electron chi connectivity index (χ0n) is 20.4. The molecule has 4 aromatic rings. The number of carbonyl (C=O) groups is 1. The Labute approximate surface area is 207 Å². The van der Waals surface area contributed by atoms with Crippen LogP contribution in [0.3, 0.4) is 0 Å². The summed E-state index contributed by atoms with van der Waals surface area (Å²) in [6.07, 6.45) is 2.05. The molecule has 2 aromatic heterocycles. The van der Waals surface area contributed by atoms with Crippen LogP contribution < -0.4 is 21.9 Å². The van der Waals surface area contributed by atoms with Crippen molar-refractivity contribution in [2.24, 2.45) is 0 Å². The molecule has 0 bridgehead atoms. The van der Waals surface area contributed by atoms with Crippen molar-refractivity contribution in [3.63, 3.8) is 0 Å². The Kier molecular flexibility index (Phi) is 7.38. The highest BCUT2D eigenvalue weighted by molar-refractivity contribution is 5.97. The molecule has 1 amide bonds. The summed E-state index contributed by atoms with van der Waals surface area (Å²) in [5.41, 5.74) is 8.43. The minimum absolute atomic E-state index is 0.00381.